The van der Waals surface area contributed by atoms with Crippen LogP contribution in [0.25, 0.3) is 0 Å². The van der Waals surface area contributed by atoms with Gasteiger partial charge in [-0.15, -0.1) is 0 Å². The van der Waals surface area contributed by atoms with Gasteiger partial charge < -0.3 is 4.98 Å². The van der Waals surface area contributed by atoms with Gasteiger partial charge in [0.2, 0.25) is 0 Å². The minimum atomic E-state index is 0.103. The number of aromatic amines is 1. The average Bonchev–Trinajstić information content (AvgIpc) is 2.93. The zero-order valence-electron chi connectivity index (χ0n) is 17.2. The lowest BCUT2D eigenvalue weighted by molar-refractivity contribution is 0.406. The summed E-state index contributed by atoms with van der Waals surface area (Å²) in [5.41, 5.74) is 3.02. The number of unbranched alkanes of at least 4 members (excludes halogenated alkanes) is 2. The van der Waals surface area contributed by atoms with Crippen LogP contribution in [0.3, 0.4) is 0 Å². The quantitative estimate of drug-likeness (QED) is 0.534. The van der Waals surface area contributed by atoms with E-state index >= 15 is 0 Å². The number of hydrogen-bond donors (Lipinski definition) is 1. The van der Waals surface area contributed by atoms with Crippen molar-refractivity contribution in [1.29, 1.82) is 0 Å². The van der Waals surface area contributed by atoms with E-state index in [0.717, 1.165) is 12.8 Å². The molecule has 1 heterocycles. The third-order valence-corrected chi connectivity index (χ3v) is 5.63. The molecule has 0 aliphatic heterocycles. The molecule has 1 rings (SSSR count). The third-order valence-electron chi connectivity index (χ3n) is 5.63. The Morgan fingerprint density at radius 3 is 1.87 bits per heavy atom. The van der Waals surface area contributed by atoms with E-state index < -0.39 is 0 Å². The highest BCUT2D eigenvalue weighted by Gasteiger charge is 2.36. The van der Waals surface area contributed by atoms with Crippen LogP contribution in [0.15, 0.2) is 0 Å². The van der Waals surface area contributed by atoms with Crippen molar-refractivity contribution in [2.45, 2.75) is 117 Å². The third kappa shape index (κ3) is 4.61. The molecule has 134 valence electrons. The van der Waals surface area contributed by atoms with Gasteiger partial charge in [-0.25, -0.2) is 4.98 Å². The summed E-state index contributed by atoms with van der Waals surface area (Å²) in [4.78, 5) is 8.94. The van der Waals surface area contributed by atoms with Crippen LogP contribution in [0.2, 0.25) is 0 Å². The van der Waals surface area contributed by atoms with Crippen LogP contribution in [-0.2, 0) is 16.2 Å². The minimum Gasteiger partial charge on any atom is -0.345 e. The van der Waals surface area contributed by atoms with Gasteiger partial charge in [-0.05, 0) is 19.3 Å². The normalized spacial score (nSPS) is 13.6. The van der Waals surface area contributed by atoms with Gasteiger partial charge in [0.15, 0.2) is 0 Å². The Morgan fingerprint density at radius 2 is 1.43 bits per heavy atom. The van der Waals surface area contributed by atoms with Gasteiger partial charge in [0.1, 0.15) is 5.82 Å². The summed E-state index contributed by atoms with van der Waals surface area (Å²) in [7, 11) is 0. The van der Waals surface area contributed by atoms with Gasteiger partial charge in [0.25, 0.3) is 0 Å². The highest BCUT2D eigenvalue weighted by Crippen LogP contribution is 2.39. The zero-order chi connectivity index (χ0) is 17.9. The van der Waals surface area contributed by atoms with Gasteiger partial charge in [0.05, 0.1) is 5.69 Å². The summed E-state index contributed by atoms with van der Waals surface area (Å²) in [6.45, 7) is 20.8. The van der Waals surface area contributed by atoms with E-state index in [9.17, 15) is 0 Å². The molecule has 0 fully saturated rings. The lowest BCUT2D eigenvalue weighted by Gasteiger charge is -2.29. The summed E-state index contributed by atoms with van der Waals surface area (Å²) < 4.78 is 0. The van der Waals surface area contributed by atoms with E-state index in [1.165, 1.54) is 42.9 Å². The maximum Gasteiger partial charge on any atom is 0.112 e. The first-order chi connectivity index (χ1) is 10.5. The van der Waals surface area contributed by atoms with Crippen molar-refractivity contribution in [3.05, 3.63) is 17.2 Å². The molecule has 0 aliphatic carbocycles. The Hall–Kier alpha value is -0.790. The molecule has 0 bridgehead atoms. The predicted octanol–water partition coefficient (Wildman–Crippen LogP) is 6.64. The van der Waals surface area contributed by atoms with Crippen molar-refractivity contribution >= 4 is 0 Å². The van der Waals surface area contributed by atoms with Crippen molar-refractivity contribution in [2.75, 3.05) is 0 Å². The van der Waals surface area contributed by atoms with E-state index in [1.54, 1.807) is 0 Å². The molecule has 0 unspecified atom stereocenters. The predicted molar refractivity (Wildman–Crippen MR) is 102 cm³/mol. The lowest BCUT2D eigenvalue weighted by atomic mass is 9.76. The fraction of sp³-hybridized carbons (Fsp3) is 0.857. The SMILES string of the molecule is CCCCCC(C)(C)c1nc(C(C)(CC)CC)c(C(C)(C)C)[nH]1. The molecule has 0 saturated carbocycles. The molecule has 2 heteroatoms. The summed E-state index contributed by atoms with van der Waals surface area (Å²) in [6.07, 6.45) is 7.33. The summed E-state index contributed by atoms with van der Waals surface area (Å²) >= 11 is 0. The van der Waals surface area contributed by atoms with Gasteiger partial charge in [0, 0.05) is 21.9 Å². The van der Waals surface area contributed by atoms with Gasteiger partial charge in [-0.1, -0.05) is 81.6 Å². The Bertz CT molecular complexity index is 484. The second kappa shape index (κ2) is 7.40. The van der Waals surface area contributed by atoms with Gasteiger partial charge in [-0.2, -0.15) is 0 Å². The molecule has 2 nitrogen and oxygen atoms in total. The highest BCUT2D eigenvalue weighted by atomic mass is 15.0. The summed E-state index contributed by atoms with van der Waals surface area (Å²) in [6, 6.07) is 0. The largest absolute Gasteiger partial charge is 0.345 e. The first-order valence-electron chi connectivity index (χ1n) is 9.63. The van der Waals surface area contributed by atoms with Crippen molar-refractivity contribution < 1.29 is 0 Å². The zero-order valence-corrected chi connectivity index (χ0v) is 17.2. The Labute approximate surface area is 144 Å². The second-order valence-corrected chi connectivity index (χ2v) is 9.17. The van der Waals surface area contributed by atoms with E-state index in [2.05, 4.69) is 67.3 Å². The first kappa shape index (κ1) is 20.3. The van der Waals surface area contributed by atoms with Crippen molar-refractivity contribution in [3.8, 4) is 0 Å². The molecule has 1 aromatic heterocycles. The highest BCUT2D eigenvalue weighted by molar-refractivity contribution is 5.31. The van der Waals surface area contributed by atoms with E-state index in [4.69, 9.17) is 4.98 Å². The number of imidazole rings is 1. The topological polar surface area (TPSA) is 28.7 Å². The van der Waals surface area contributed by atoms with Crippen molar-refractivity contribution in [1.82, 2.24) is 9.97 Å². The molecule has 23 heavy (non-hydrogen) atoms. The Morgan fingerprint density at radius 1 is 0.870 bits per heavy atom. The van der Waals surface area contributed by atoms with Crippen molar-refractivity contribution in [3.63, 3.8) is 0 Å². The molecule has 0 aliphatic rings. The molecule has 0 spiro atoms. The molecule has 0 saturated heterocycles. The fourth-order valence-corrected chi connectivity index (χ4v) is 3.19. The van der Waals surface area contributed by atoms with Gasteiger partial charge in [-0.3, -0.25) is 0 Å². The monoisotopic (exact) mass is 320 g/mol. The number of H-pyrrole nitrogens is 1. The molecule has 1 N–H and O–H groups in total. The van der Waals surface area contributed by atoms with Crippen LogP contribution in [0.4, 0.5) is 0 Å². The molecule has 0 atom stereocenters. The number of rotatable bonds is 8. The molecule has 0 radical (unpaired) electrons. The first-order valence-corrected chi connectivity index (χ1v) is 9.63. The van der Waals surface area contributed by atoms with E-state index in [1.807, 2.05) is 0 Å². The second-order valence-electron chi connectivity index (χ2n) is 9.17. The van der Waals surface area contributed by atoms with Gasteiger partial charge >= 0.3 is 0 Å². The smallest absolute Gasteiger partial charge is 0.112 e. The summed E-state index contributed by atoms with van der Waals surface area (Å²) in [5.74, 6) is 1.18. The molecule has 0 amide bonds. The lowest BCUT2D eigenvalue weighted by Crippen LogP contribution is -2.26. The maximum atomic E-state index is 5.19. The Balaban J connectivity index is 3.30. The molecule has 0 aromatic carbocycles. The number of nitrogens with one attached hydrogen (secondary N) is 1. The van der Waals surface area contributed by atoms with Crippen LogP contribution in [0.1, 0.15) is 118 Å². The number of hydrogen-bond acceptors (Lipinski definition) is 1. The molecular formula is C21H40N2. The van der Waals surface area contributed by atoms with E-state index in [-0.39, 0.29) is 16.2 Å². The van der Waals surface area contributed by atoms with Crippen LogP contribution >= 0.6 is 0 Å². The van der Waals surface area contributed by atoms with Crippen LogP contribution in [-0.4, -0.2) is 9.97 Å². The number of nitrogens with zero attached hydrogens (tertiary/aromatic N) is 1. The van der Waals surface area contributed by atoms with Crippen LogP contribution in [0, 0.1) is 0 Å². The fourth-order valence-electron chi connectivity index (χ4n) is 3.19. The average molecular weight is 321 g/mol. The van der Waals surface area contributed by atoms with Crippen LogP contribution in [0.5, 0.6) is 0 Å². The Kier molecular flexibility index (Phi) is 6.52. The summed E-state index contributed by atoms with van der Waals surface area (Å²) in [5, 5.41) is 0. The molecule has 1 aromatic rings. The molecular weight excluding hydrogens is 280 g/mol. The number of aromatic nitrogens is 2. The van der Waals surface area contributed by atoms with E-state index in [0.29, 0.717) is 0 Å². The maximum absolute atomic E-state index is 5.19. The van der Waals surface area contributed by atoms with Crippen molar-refractivity contribution in [2.24, 2.45) is 0 Å². The minimum absolute atomic E-state index is 0.103. The van der Waals surface area contributed by atoms with Crippen LogP contribution < -0.4 is 0 Å². The standard InChI is InChI=1S/C21H40N2/c1-10-13-14-15-20(7,8)18-22-16(19(4,5)6)17(23-18)21(9,11-2)12-3/h10-15H2,1-9H3,(H,22,23).